The summed E-state index contributed by atoms with van der Waals surface area (Å²) < 4.78 is 5.50. The van der Waals surface area contributed by atoms with Crippen molar-refractivity contribution >= 4 is 22.7 Å². The van der Waals surface area contributed by atoms with Crippen molar-refractivity contribution < 1.29 is 14.5 Å². The first-order chi connectivity index (χ1) is 7.63. The predicted molar refractivity (Wildman–Crippen MR) is 53.0 cm³/mol. The van der Waals surface area contributed by atoms with Crippen molar-refractivity contribution in [1.29, 1.82) is 0 Å². The van der Waals surface area contributed by atoms with Gasteiger partial charge in [-0.05, 0) is 6.07 Å². The Hall–Kier alpha value is -2.44. The Kier molecular flexibility index (Phi) is 2.28. The number of nitro benzene ring substituents is 1. The van der Waals surface area contributed by atoms with E-state index in [1.165, 1.54) is 25.4 Å². The fourth-order valence-corrected chi connectivity index (χ4v) is 1.29. The number of rotatable bonds is 1. The highest BCUT2D eigenvalue weighted by molar-refractivity contribution is 5.88. The third kappa shape index (κ3) is 1.48. The van der Waals surface area contributed by atoms with E-state index in [4.69, 9.17) is 0 Å². The Morgan fingerprint density at radius 1 is 1.69 bits per heavy atom. The van der Waals surface area contributed by atoms with Crippen molar-refractivity contribution in [1.82, 2.24) is 9.78 Å². The predicted octanol–water partition coefficient (Wildman–Crippen LogP) is 1.36. The van der Waals surface area contributed by atoms with Crippen LogP contribution in [-0.2, 0) is 4.74 Å². The summed E-state index contributed by atoms with van der Waals surface area (Å²) in [5.41, 5.74) is 0.245. The van der Waals surface area contributed by atoms with Gasteiger partial charge in [0.2, 0.25) is 0 Å². The Bertz CT molecular complexity index is 575. The molecule has 1 radical (unpaired) electrons. The molecule has 0 fully saturated rings. The SMILES string of the molecule is COC(=O)n1ncc2cc([N+](=O)[O-])[c]cc21. The summed E-state index contributed by atoms with van der Waals surface area (Å²) >= 11 is 0. The quantitative estimate of drug-likeness (QED) is 0.534. The fraction of sp³-hybridized carbons (Fsp3) is 0.111. The summed E-state index contributed by atoms with van der Waals surface area (Å²) in [6.07, 6.45) is 0.699. The summed E-state index contributed by atoms with van der Waals surface area (Å²) in [4.78, 5) is 21.2. The molecule has 0 bridgehead atoms. The van der Waals surface area contributed by atoms with Gasteiger partial charge in [-0.2, -0.15) is 9.78 Å². The van der Waals surface area contributed by atoms with Crippen LogP contribution in [0.4, 0.5) is 10.5 Å². The van der Waals surface area contributed by atoms with E-state index in [-0.39, 0.29) is 5.69 Å². The number of hydrogen-bond donors (Lipinski definition) is 0. The Morgan fingerprint density at radius 2 is 2.44 bits per heavy atom. The van der Waals surface area contributed by atoms with Gasteiger partial charge in [-0.15, -0.1) is 0 Å². The molecule has 0 aliphatic heterocycles. The minimum atomic E-state index is -0.655. The number of hydrogen-bond acceptors (Lipinski definition) is 5. The van der Waals surface area contributed by atoms with E-state index in [1.54, 1.807) is 0 Å². The van der Waals surface area contributed by atoms with Crippen LogP contribution in [-0.4, -0.2) is 27.9 Å². The molecule has 1 aromatic heterocycles. The molecule has 0 aliphatic carbocycles. The molecule has 1 heterocycles. The molecule has 2 rings (SSSR count). The van der Waals surface area contributed by atoms with E-state index in [9.17, 15) is 14.9 Å². The molecule has 81 valence electrons. The van der Waals surface area contributed by atoms with Crippen LogP contribution in [0.3, 0.4) is 0 Å². The Balaban J connectivity index is 2.59. The van der Waals surface area contributed by atoms with Gasteiger partial charge in [0, 0.05) is 11.5 Å². The average molecular weight is 220 g/mol. The number of carbonyl (C=O) groups is 1. The summed E-state index contributed by atoms with van der Waals surface area (Å²) in [6, 6.07) is 5.07. The maximum atomic E-state index is 11.2. The van der Waals surface area contributed by atoms with E-state index >= 15 is 0 Å². The molecule has 7 nitrogen and oxygen atoms in total. The van der Waals surface area contributed by atoms with E-state index in [0.29, 0.717) is 10.9 Å². The highest BCUT2D eigenvalue weighted by Crippen LogP contribution is 2.19. The van der Waals surface area contributed by atoms with E-state index in [1.807, 2.05) is 0 Å². The first-order valence-electron chi connectivity index (χ1n) is 4.25. The minimum absolute atomic E-state index is 0.170. The second kappa shape index (κ2) is 3.61. The van der Waals surface area contributed by atoms with Crippen LogP contribution in [0.2, 0.25) is 0 Å². The molecule has 0 saturated carbocycles. The molecule has 0 N–H and O–H groups in total. The number of nitrogens with zero attached hydrogens (tertiary/aromatic N) is 3. The number of aromatic nitrogens is 2. The molecule has 16 heavy (non-hydrogen) atoms. The average Bonchev–Trinajstić information content (AvgIpc) is 2.70. The molecule has 7 heteroatoms. The molecule has 0 atom stereocenters. The van der Waals surface area contributed by atoms with Crippen LogP contribution in [0.5, 0.6) is 0 Å². The normalized spacial score (nSPS) is 10.3. The minimum Gasteiger partial charge on any atom is -0.451 e. The smallest absolute Gasteiger partial charge is 0.434 e. The van der Waals surface area contributed by atoms with Crippen LogP contribution in [0.1, 0.15) is 0 Å². The number of nitro groups is 1. The van der Waals surface area contributed by atoms with Gasteiger partial charge in [-0.25, -0.2) is 4.79 Å². The third-order valence-electron chi connectivity index (χ3n) is 2.03. The van der Waals surface area contributed by atoms with Crippen LogP contribution >= 0.6 is 0 Å². The van der Waals surface area contributed by atoms with Crippen LogP contribution in [0.15, 0.2) is 18.3 Å². The maximum absolute atomic E-state index is 11.2. The van der Waals surface area contributed by atoms with Crippen LogP contribution in [0.25, 0.3) is 10.9 Å². The van der Waals surface area contributed by atoms with E-state index < -0.39 is 11.0 Å². The summed E-state index contributed by atoms with van der Waals surface area (Å²) in [5, 5.41) is 14.7. The largest absolute Gasteiger partial charge is 0.451 e. The molecule has 1 aromatic carbocycles. The Labute approximate surface area is 89.4 Å². The number of ether oxygens (including phenoxy) is 1. The fourth-order valence-electron chi connectivity index (χ4n) is 1.29. The molecule has 0 spiro atoms. The Morgan fingerprint density at radius 3 is 3.06 bits per heavy atom. The van der Waals surface area contributed by atoms with Gasteiger partial charge in [-0.1, -0.05) is 0 Å². The highest BCUT2D eigenvalue weighted by atomic mass is 16.6. The topological polar surface area (TPSA) is 87.3 Å². The standard InChI is InChI=1S/C9H6N3O4/c1-16-9(13)11-8-3-2-7(12(14)15)4-6(8)5-10-11/h3-5H,1H3. The highest BCUT2D eigenvalue weighted by Gasteiger charge is 2.13. The van der Waals surface area contributed by atoms with Crippen molar-refractivity contribution in [3.8, 4) is 0 Å². The van der Waals surface area contributed by atoms with Gasteiger partial charge in [0.05, 0.1) is 29.8 Å². The number of methoxy groups -OCH3 is 1. The molecule has 0 amide bonds. The number of fused-ring (bicyclic) bond motifs is 1. The zero-order valence-corrected chi connectivity index (χ0v) is 8.21. The number of benzene rings is 1. The van der Waals surface area contributed by atoms with E-state index in [2.05, 4.69) is 15.9 Å². The van der Waals surface area contributed by atoms with Gasteiger partial charge < -0.3 is 4.74 Å². The lowest BCUT2D eigenvalue weighted by molar-refractivity contribution is -0.385. The molecule has 0 saturated heterocycles. The van der Waals surface area contributed by atoms with Crippen LogP contribution < -0.4 is 0 Å². The van der Waals surface area contributed by atoms with Crippen molar-refractivity contribution in [2.45, 2.75) is 0 Å². The second-order valence-electron chi connectivity index (χ2n) is 2.94. The summed E-state index contributed by atoms with van der Waals surface area (Å²) in [6.45, 7) is 0. The third-order valence-corrected chi connectivity index (χ3v) is 2.03. The van der Waals surface area contributed by atoms with E-state index in [0.717, 1.165) is 4.68 Å². The molecule has 2 aromatic rings. The maximum Gasteiger partial charge on any atom is 0.434 e. The zero-order valence-electron chi connectivity index (χ0n) is 8.21. The van der Waals surface area contributed by atoms with Gasteiger partial charge in [0.1, 0.15) is 0 Å². The first-order valence-corrected chi connectivity index (χ1v) is 4.25. The second-order valence-corrected chi connectivity index (χ2v) is 2.94. The lowest BCUT2D eigenvalue weighted by Gasteiger charge is -1.98. The van der Waals surface area contributed by atoms with Crippen molar-refractivity contribution in [2.75, 3.05) is 7.11 Å². The zero-order chi connectivity index (χ0) is 11.7. The number of carbonyl (C=O) groups excluding carboxylic acids is 1. The molecule has 0 aliphatic rings. The van der Waals surface area contributed by atoms with Gasteiger partial charge in [0.15, 0.2) is 0 Å². The van der Waals surface area contributed by atoms with Gasteiger partial charge in [0.25, 0.3) is 5.69 Å². The lowest BCUT2D eigenvalue weighted by atomic mass is 10.2. The van der Waals surface area contributed by atoms with Crippen LogP contribution in [0, 0.1) is 16.2 Å². The summed E-state index contributed by atoms with van der Waals surface area (Å²) in [7, 11) is 1.23. The van der Waals surface area contributed by atoms with Crippen molar-refractivity contribution in [2.24, 2.45) is 0 Å². The van der Waals surface area contributed by atoms with Crippen molar-refractivity contribution in [3.63, 3.8) is 0 Å². The number of non-ortho nitro benzene ring substituents is 1. The molecular formula is C9H6N3O4. The van der Waals surface area contributed by atoms with Gasteiger partial charge in [-0.3, -0.25) is 10.1 Å². The summed E-state index contributed by atoms with van der Waals surface area (Å²) in [5.74, 6) is 0. The monoisotopic (exact) mass is 220 g/mol. The van der Waals surface area contributed by atoms with Gasteiger partial charge >= 0.3 is 6.09 Å². The molecule has 0 unspecified atom stereocenters. The molecular weight excluding hydrogens is 214 g/mol. The first kappa shape index (κ1) is 10.1. The van der Waals surface area contributed by atoms with Crippen molar-refractivity contribution in [3.05, 3.63) is 34.5 Å². The lowest BCUT2D eigenvalue weighted by Crippen LogP contribution is -2.12.